The Kier molecular flexibility index (Phi) is 3.63. The van der Waals surface area contributed by atoms with E-state index in [4.69, 9.17) is 5.73 Å². The van der Waals surface area contributed by atoms with Gasteiger partial charge in [-0.3, -0.25) is 4.79 Å². The number of carbonyl (C=O) groups excluding carboxylic acids is 1. The topological polar surface area (TPSA) is 127 Å². The van der Waals surface area contributed by atoms with Gasteiger partial charge in [0, 0.05) is 24.3 Å². The van der Waals surface area contributed by atoms with E-state index in [0.29, 0.717) is 10.9 Å². The minimum absolute atomic E-state index is 0.191. The molecule has 0 aromatic carbocycles. The summed E-state index contributed by atoms with van der Waals surface area (Å²) in [5.74, 6) is -0.784. The molecule has 0 aliphatic carbocycles. The van der Waals surface area contributed by atoms with Crippen molar-refractivity contribution >= 4 is 35.4 Å². The van der Waals surface area contributed by atoms with Crippen molar-refractivity contribution in [3.63, 3.8) is 0 Å². The number of hydrogen-bond acceptors (Lipinski definition) is 8. The summed E-state index contributed by atoms with van der Waals surface area (Å²) in [6, 6.07) is -0.564. The van der Waals surface area contributed by atoms with Crippen LogP contribution in [0.15, 0.2) is 16.9 Å². The van der Waals surface area contributed by atoms with Crippen molar-refractivity contribution in [1.82, 2.24) is 25.1 Å². The van der Waals surface area contributed by atoms with Gasteiger partial charge < -0.3 is 15.7 Å². The van der Waals surface area contributed by atoms with Crippen molar-refractivity contribution < 1.29 is 14.7 Å². The Labute approximate surface area is 127 Å². The molecule has 0 bridgehead atoms. The average Bonchev–Trinajstić information content (AvgIpc) is 2.88. The molecule has 3 rings (SSSR count). The van der Waals surface area contributed by atoms with Crippen LogP contribution in [0.25, 0.3) is 0 Å². The minimum atomic E-state index is -1.03. The molecule has 0 spiro atoms. The van der Waals surface area contributed by atoms with Gasteiger partial charge in [-0.2, -0.15) is 0 Å². The largest absolute Gasteiger partial charge is 0.478 e. The molecule has 3 atom stereocenters. The second kappa shape index (κ2) is 5.31. The van der Waals surface area contributed by atoms with Gasteiger partial charge in [-0.25, -0.2) is 9.48 Å². The average molecular weight is 328 g/mol. The molecule has 2 aliphatic heterocycles. The third-order valence-corrected chi connectivity index (χ3v) is 6.11. The lowest BCUT2D eigenvalue weighted by molar-refractivity contribution is -0.140. The maximum atomic E-state index is 11.6. The monoisotopic (exact) mass is 328 g/mol. The van der Waals surface area contributed by atoms with Gasteiger partial charge in [0.05, 0.1) is 5.57 Å². The van der Waals surface area contributed by atoms with E-state index in [1.54, 1.807) is 7.05 Å². The van der Waals surface area contributed by atoms with E-state index in [0.717, 1.165) is 0 Å². The van der Waals surface area contributed by atoms with E-state index in [1.807, 2.05) is 0 Å². The molecule has 2 unspecified atom stereocenters. The van der Waals surface area contributed by atoms with Crippen LogP contribution < -0.4 is 5.73 Å². The third-order valence-electron chi connectivity index (χ3n) is 3.24. The van der Waals surface area contributed by atoms with Crippen LogP contribution in [-0.4, -0.2) is 64.5 Å². The Morgan fingerprint density at radius 2 is 2.38 bits per heavy atom. The summed E-state index contributed by atoms with van der Waals surface area (Å²) in [6.45, 7) is 0. The fraction of sp³-hybridized carbons (Fsp3) is 0.500. The molecule has 1 saturated heterocycles. The van der Waals surface area contributed by atoms with E-state index in [9.17, 15) is 14.7 Å². The Bertz CT molecular complexity index is 632. The van der Waals surface area contributed by atoms with Crippen LogP contribution in [0.3, 0.4) is 0 Å². The Morgan fingerprint density at radius 1 is 1.62 bits per heavy atom. The van der Waals surface area contributed by atoms with Crippen LogP contribution in [0, 0.1) is 0 Å². The first-order valence-corrected chi connectivity index (χ1v) is 7.95. The minimum Gasteiger partial charge on any atom is -0.478 e. The highest BCUT2D eigenvalue weighted by molar-refractivity contribution is 8.04. The van der Waals surface area contributed by atoms with Gasteiger partial charge in [-0.15, -0.1) is 16.9 Å². The predicted octanol–water partition coefficient (Wildman–Crippen LogP) is -1.12. The number of nitrogens with two attached hydrogens (primary N) is 1. The summed E-state index contributed by atoms with van der Waals surface area (Å²) in [7, 11) is 1.71. The van der Waals surface area contributed by atoms with E-state index in [2.05, 4.69) is 15.5 Å². The van der Waals surface area contributed by atoms with Crippen molar-refractivity contribution in [2.75, 3.05) is 5.75 Å². The molecule has 2 aliphatic rings. The van der Waals surface area contributed by atoms with Gasteiger partial charge >= 0.3 is 5.97 Å². The summed E-state index contributed by atoms with van der Waals surface area (Å²) >= 11 is 2.76. The number of aliphatic carboxylic acids is 1. The lowest BCUT2D eigenvalue weighted by atomic mass is 10.1. The molecule has 11 heteroatoms. The highest BCUT2D eigenvalue weighted by Crippen LogP contribution is 2.41. The first-order chi connectivity index (χ1) is 9.99. The standard InChI is InChI=1S/C10H12N6O3S2/c1-15-10(12-13-14-15)20-3-5-4(9(18)19)2-16-7(17)6(11)8(16)21-5/h2,5-6,8H,3,11H2,1H3,(H,18,19)/t5?,6?,8-/m1/s1. The summed E-state index contributed by atoms with van der Waals surface area (Å²) in [5.41, 5.74) is 5.94. The van der Waals surface area contributed by atoms with Crippen LogP contribution in [0.1, 0.15) is 0 Å². The van der Waals surface area contributed by atoms with Crippen molar-refractivity contribution in [3.8, 4) is 0 Å². The first-order valence-electron chi connectivity index (χ1n) is 6.02. The summed E-state index contributed by atoms with van der Waals surface area (Å²) in [6.07, 6.45) is 1.40. The lowest BCUT2D eigenvalue weighted by Crippen LogP contribution is -2.67. The number of carbonyl (C=O) groups is 2. The molecule has 1 aromatic rings. The third kappa shape index (κ3) is 2.40. The molecule has 9 nitrogen and oxygen atoms in total. The number of fused-ring (bicyclic) bond motifs is 1. The van der Waals surface area contributed by atoms with Crippen LogP contribution in [-0.2, 0) is 16.6 Å². The highest BCUT2D eigenvalue weighted by atomic mass is 32.2. The molecule has 3 heterocycles. The number of nitrogens with zero attached hydrogens (tertiary/aromatic N) is 5. The Morgan fingerprint density at radius 3 is 3.00 bits per heavy atom. The smallest absolute Gasteiger partial charge is 0.334 e. The number of aromatic nitrogens is 4. The van der Waals surface area contributed by atoms with Crippen LogP contribution in [0.5, 0.6) is 0 Å². The van der Waals surface area contributed by atoms with Gasteiger partial charge in [0.25, 0.3) is 0 Å². The number of carboxylic acid groups (broad SMARTS) is 1. The second-order valence-corrected chi connectivity index (χ2v) is 6.88. The number of rotatable bonds is 4. The summed E-state index contributed by atoms with van der Waals surface area (Å²) < 4.78 is 1.52. The van der Waals surface area contributed by atoms with Crippen molar-refractivity contribution in [3.05, 3.63) is 11.8 Å². The highest BCUT2D eigenvalue weighted by Gasteiger charge is 2.49. The normalized spacial score (nSPS) is 27.9. The zero-order valence-electron chi connectivity index (χ0n) is 10.9. The second-order valence-electron chi connectivity index (χ2n) is 4.57. The number of thioether (sulfide) groups is 2. The van der Waals surface area contributed by atoms with Crippen molar-refractivity contribution in [2.24, 2.45) is 12.8 Å². The van der Waals surface area contributed by atoms with E-state index in [-0.39, 0.29) is 22.1 Å². The van der Waals surface area contributed by atoms with Crippen LogP contribution in [0.2, 0.25) is 0 Å². The Balaban J connectivity index is 1.75. The number of hydrogen-bond donors (Lipinski definition) is 2. The molecule has 21 heavy (non-hydrogen) atoms. The molecule has 112 valence electrons. The van der Waals surface area contributed by atoms with Crippen molar-refractivity contribution in [1.29, 1.82) is 0 Å². The van der Waals surface area contributed by atoms with Crippen molar-refractivity contribution in [2.45, 2.75) is 21.8 Å². The van der Waals surface area contributed by atoms with E-state index < -0.39 is 12.0 Å². The first kappa shape index (κ1) is 14.4. The van der Waals surface area contributed by atoms with Gasteiger partial charge in [0.1, 0.15) is 11.4 Å². The molecule has 0 radical (unpaired) electrons. The Hall–Kier alpha value is -1.59. The number of aryl methyl sites for hydroxylation is 1. The van der Waals surface area contributed by atoms with E-state index >= 15 is 0 Å². The van der Waals surface area contributed by atoms with Gasteiger partial charge in [-0.1, -0.05) is 11.8 Å². The lowest BCUT2D eigenvalue weighted by Gasteiger charge is -2.47. The van der Waals surface area contributed by atoms with Crippen LogP contribution in [0.4, 0.5) is 0 Å². The fourth-order valence-corrected chi connectivity index (χ4v) is 4.63. The number of β-lactam (4-membered cyclic amide) rings is 1. The molecule has 3 N–H and O–H groups in total. The number of carboxylic acids is 1. The molecular weight excluding hydrogens is 316 g/mol. The van der Waals surface area contributed by atoms with Gasteiger partial charge in [-0.05, 0) is 10.4 Å². The predicted molar refractivity (Wildman–Crippen MR) is 75.2 cm³/mol. The molecule has 0 saturated carbocycles. The zero-order valence-corrected chi connectivity index (χ0v) is 12.5. The number of tetrazole rings is 1. The zero-order chi connectivity index (χ0) is 15.1. The maximum absolute atomic E-state index is 11.6. The number of amides is 1. The maximum Gasteiger partial charge on any atom is 0.334 e. The SMILES string of the molecule is Cn1nnnc1SCC1S[C@@H]2C(N)C(=O)N2C=C1C(=O)O. The molecule has 1 amide bonds. The molecule has 1 fully saturated rings. The van der Waals surface area contributed by atoms with Gasteiger partial charge in [0.2, 0.25) is 11.1 Å². The summed E-state index contributed by atoms with van der Waals surface area (Å²) in [4.78, 5) is 24.3. The summed E-state index contributed by atoms with van der Waals surface area (Å²) in [5, 5.41) is 20.5. The van der Waals surface area contributed by atoms with E-state index in [1.165, 1.54) is 39.3 Å². The van der Waals surface area contributed by atoms with Gasteiger partial charge in [0.15, 0.2) is 0 Å². The quantitative estimate of drug-likeness (QED) is 0.522. The fourth-order valence-electron chi connectivity index (χ4n) is 2.09. The molecular formula is C10H12N6O3S2. The van der Waals surface area contributed by atoms with Crippen LogP contribution >= 0.6 is 23.5 Å². The molecule has 1 aromatic heterocycles.